The lowest BCUT2D eigenvalue weighted by Gasteiger charge is -2.34. The second kappa shape index (κ2) is 7.57. The molecular formula is C18H18ClN5OS. The highest BCUT2D eigenvalue weighted by Crippen LogP contribution is 2.26. The molecule has 2 aromatic heterocycles. The zero-order valence-corrected chi connectivity index (χ0v) is 15.7. The van der Waals surface area contributed by atoms with E-state index in [1.54, 1.807) is 4.68 Å². The van der Waals surface area contributed by atoms with E-state index in [0.717, 1.165) is 37.6 Å². The SMILES string of the molecule is S=c1oc(-c2ccccc2Cl)nn1CN1CCN(c2ccccn2)CC1. The first-order valence-electron chi connectivity index (χ1n) is 8.42. The standard InChI is InChI=1S/C18H18ClN5OS/c19-15-6-2-1-5-14(15)17-21-24(18(26)25-17)13-22-9-11-23(12-10-22)16-7-3-4-8-20-16/h1-8H,9-13H2. The molecule has 0 aliphatic carbocycles. The summed E-state index contributed by atoms with van der Waals surface area (Å²) < 4.78 is 7.36. The second-order valence-corrected chi connectivity index (χ2v) is 6.84. The number of hydrogen-bond donors (Lipinski definition) is 0. The monoisotopic (exact) mass is 387 g/mol. The van der Waals surface area contributed by atoms with Crippen molar-refractivity contribution in [2.24, 2.45) is 0 Å². The van der Waals surface area contributed by atoms with E-state index in [0.29, 0.717) is 22.4 Å². The molecule has 0 bridgehead atoms. The summed E-state index contributed by atoms with van der Waals surface area (Å²) in [5.74, 6) is 1.47. The average Bonchev–Trinajstić information content (AvgIpc) is 3.04. The van der Waals surface area contributed by atoms with E-state index >= 15 is 0 Å². The van der Waals surface area contributed by atoms with Crippen molar-refractivity contribution in [1.29, 1.82) is 0 Å². The lowest BCUT2D eigenvalue weighted by Crippen LogP contribution is -2.47. The van der Waals surface area contributed by atoms with Crippen molar-refractivity contribution in [3.05, 3.63) is 58.5 Å². The van der Waals surface area contributed by atoms with Crippen molar-refractivity contribution in [1.82, 2.24) is 19.7 Å². The van der Waals surface area contributed by atoms with E-state index in [2.05, 4.69) is 19.9 Å². The first-order chi connectivity index (χ1) is 12.7. The minimum absolute atomic E-state index is 0.354. The minimum atomic E-state index is 0.354. The third-order valence-corrected chi connectivity index (χ3v) is 5.01. The first kappa shape index (κ1) is 17.2. The molecule has 0 saturated carbocycles. The number of pyridine rings is 1. The van der Waals surface area contributed by atoms with E-state index in [-0.39, 0.29) is 0 Å². The van der Waals surface area contributed by atoms with Crippen LogP contribution in [0.4, 0.5) is 5.82 Å². The van der Waals surface area contributed by atoms with Crippen molar-refractivity contribution in [2.75, 3.05) is 31.1 Å². The van der Waals surface area contributed by atoms with Gasteiger partial charge in [0.05, 0.1) is 17.3 Å². The van der Waals surface area contributed by atoms with Crippen LogP contribution in [0.25, 0.3) is 11.5 Å². The van der Waals surface area contributed by atoms with Gasteiger partial charge < -0.3 is 9.32 Å². The van der Waals surface area contributed by atoms with E-state index in [1.807, 2.05) is 48.7 Å². The summed E-state index contributed by atoms with van der Waals surface area (Å²) in [6.07, 6.45) is 1.83. The molecule has 8 heteroatoms. The summed E-state index contributed by atoms with van der Waals surface area (Å²) in [5, 5.41) is 5.10. The van der Waals surface area contributed by atoms with Gasteiger partial charge in [0, 0.05) is 32.4 Å². The molecule has 0 atom stereocenters. The van der Waals surface area contributed by atoms with Crippen LogP contribution in [0, 0.1) is 4.84 Å². The molecule has 1 aliphatic heterocycles. The topological polar surface area (TPSA) is 50.3 Å². The van der Waals surface area contributed by atoms with Crippen LogP contribution < -0.4 is 4.90 Å². The van der Waals surface area contributed by atoms with Crippen LogP contribution in [0.2, 0.25) is 5.02 Å². The van der Waals surface area contributed by atoms with Crippen molar-refractivity contribution in [3.63, 3.8) is 0 Å². The number of hydrogen-bond acceptors (Lipinski definition) is 6. The lowest BCUT2D eigenvalue weighted by molar-refractivity contribution is 0.192. The number of piperazine rings is 1. The number of nitrogens with zero attached hydrogens (tertiary/aromatic N) is 5. The third-order valence-electron chi connectivity index (χ3n) is 4.39. The number of halogens is 1. The van der Waals surface area contributed by atoms with Gasteiger partial charge in [-0.05, 0) is 36.5 Å². The number of rotatable bonds is 4. The summed E-state index contributed by atoms with van der Waals surface area (Å²) in [4.78, 5) is 9.36. The molecule has 0 unspecified atom stereocenters. The molecule has 0 amide bonds. The molecule has 0 spiro atoms. The van der Waals surface area contributed by atoms with Crippen molar-refractivity contribution >= 4 is 29.6 Å². The molecule has 1 aromatic carbocycles. The highest BCUT2D eigenvalue weighted by molar-refractivity contribution is 7.71. The molecule has 6 nitrogen and oxygen atoms in total. The van der Waals surface area contributed by atoms with E-state index in [9.17, 15) is 0 Å². The highest BCUT2D eigenvalue weighted by atomic mass is 35.5. The zero-order chi connectivity index (χ0) is 17.9. The molecule has 3 aromatic rings. The molecule has 0 N–H and O–H groups in total. The molecule has 3 heterocycles. The second-order valence-electron chi connectivity index (χ2n) is 6.09. The van der Waals surface area contributed by atoms with Crippen LogP contribution >= 0.6 is 23.8 Å². The Balaban J connectivity index is 1.43. The number of benzene rings is 1. The quantitative estimate of drug-likeness (QED) is 0.636. The van der Waals surface area contributed by atoms with Crippen LogP contribution in [0.5, 0.6) is 0 Å². The Morgan fingerprint density at radius 1 is 1.04 bits per heavy atom. The lowest BCUT2D eigenvalue weighted by atomic mass is 10.2. The first-order valence-corrected chi connectivity index (χ1v) is 9.20. The van der Waals surface area contributed by atoms with Crippen molar-refractivity contribution in [2.45, 2.75) is 6.67 Å². The molecular weight excluding hydrogens is 370 g/mol. The van der Waals surface area contributed by atoms with Gasteiger partial charge in [0.1, 0.15) is 5.82 Å². The van der Waals surface area contributed by atoms with Gasteiger partial charge in [0.2, 0.25) is 5.89 Å². The molecule has 4 rings (SSSR count). The molecule has 26 heavy (non-hydrogen) atoms. The summed E-state index contributed by atoms with van der Waals surface area (Å²) in [7, 11) is 0. The fourth-order valence-electron chi connectivity index (χ4n) is 2.99. The number of anilines is 1. The van der Waals surface area contributed by atoms with Crippen LogP contribution in [-0.4, -0.2) is 45.8 Å². The molecule has 134 valence electrons. The van der Waals surface area contributed by atoms with Crippen LogP contribution in [-0.2, 0) is 6.67 Å². The van der Waals surface area contributed by atoms with Crippen LogP contribution in [0.3, 0.4) is 0 Å². The van der Waals surface area contributed by atoms with E-state index < -0.39 is 0 Å². The average molecular weight is 388 g/mol. The Kier molecular flexibility index (Phi) is 5.01. The fourth-order valence-corrected chi connectivity index (χ4v) is 3.38. The van der Waals surface area contributed by atoms with Gasteiger partial charge in [0.25, 0.3) is 4.84 Å². The largest absolute Gasteiger partial charge is 0.409 e. The smallest absolute Gasteiger partial charge is 0.288 e. The summed E-state index contributed by atoms with van der Waals surface area (Å²) >= 11 is 11.5. The predicted octanol–water partition coefficient (Wildman–Crippen LogP) is 3.70. The van der Waals surface area contributed by atoms with Crippen molar-refractivity contribution in [3.8, 4) is 11.5 Å². The van der Waals surface area contributed by atoms with E-state index in [4.69, 9.17) is 28.2 Å². The Hall–Kier alpha value is -2.22. The normalized spacial score (nSPS) is 15.3. The van der Waals surface area contributed by atoms with Crippen LogP contribution in [0.15, 0.2) is 53.1 Å². The Labute approximate surface area is 161 Å². The van der Waals surface area contributed by atoms with E-state index in [1.165, 1.54) is 0 Å². The summed E-state index contributed by atoms with van der Waals surface area (Å²) in [6.45, 7) is 4.25. The van der Waals surface area contributed by atoms with Gasteiger partial charge in [-0.25, -0.2) is 9.67 Å². The molecule has 1 aliphatic rings. The number of aromatic nitrogens is 3. The maximum atomic E-state index is 6.22. The Morgan fingerprint density at radius 3 is 2.54 bits per heavy atom. The fraction of sp³-hybridized carbons (Fsp3) is 0.278. The van der Waals surface area contributed by atoms with Gasteiger partial charge in [-0.15, -0.1) is 5.10 Å². The van der Waals surface area contributed by atoms with Crippen molar-refractivity contribution < 1.29 is 4.42 Å². The Bertz CT molecular complexity index is 934. The maximum Gasteiger partial charge on any atom is 0.288 e. The minimum Gasteiger partial charge on any atom is -0.409 e. The van der Waals surface area contributed by atoms with Gasteiger partial charge >= 0.3 is 0 Å². The third kappa shape index (κ3) is 3.65. The predicted molar refractivity (Wildman–Crippen MR) is 104 cm³/mol. The summed E-state index contributed by atoms with van der Waals surface area (Å²) in [6, 6.07) is 13.4. The van der Waals surface area contributed by atoms with Gasteiger partial charge in [-0.1, -0.05) is 29.8 Å². The summed E-state index contributed by atoms with van der Waals surface area (Å²) in [5.41, 5.74) is 0.749. The van der Waals surface area contributed by atoms with Crippen LogP contribution in [0.1, 0.15) is 0 Å². The highest BCUT2D eigenvalue weighted by Gasteiger charge is 2.19. The molecule has 1 saturated heterocycles. The zero-order valence-electron chi connectivity index (χ0n) is 14.1. The molecule has 0 radical (unpaired) electrons. The van der Waals surface area contributed by atoms with Gasteiger partial charge in [-0.2, -0.15) is 0 Å². The maximum absolute atomic E-state index is 6.22. The Morgan fingerprint density at radius 2 is 1.81 bits per heavy atom. The van der Waals surface area contributed by atoms with Gasteiger partial charge in [-0.3, -0.25) is 4.90 Å². The molecule has 1 fully saturated rings. The van der Waals surface area contributed by atoms with Gasteiger partial charge in [0.15, 0.2) is 0 Å².